The highest BCUT2D eigenvalue weighted by atomic mass is 79.9. The van der Waals surface area contributed by atoms with Gasteiger partial charge >= 0.3 is 0 Å². The molecule has 0 spiro atoms. The van der Waals surface area contributed by atoms with Crippen molar-refractivity contribution in [3.63, 3.8) is 0 Å². The second-order valence-corrected chi connectivity index (χ2v) is 6.50. The van der Waals surface area contributed by atoms with Gasteiger partial charge in [0.1, 0.15) is 0 Å². The lowest BCUT2D eigenvalue weighted by Gasteiger charge is -2.19. The first-order valence-corrected chi connectivity index (χ1v) is 8.00. The van der Waals surface area contributed by atoms with Crippen LogP contribution >= 0.6 is 50.7 Å². The lowest BCUT2D eigenvalue weighted by Crippen LogP contribution is -2.19. The molecule has 0 amide bonds. The molecule has 20 heavy (non-hydrogen) atoms. The molecule has 106 valence electrons. The van der Waals surface area contributed by atoms with Gasteiger partial charge in [0.25, 0.3) is 0 Å². The van der Waals surface area contributed by atoms with Crippen molar-refractivity contribution >= 4 is 50.7 Å². The summed E-state index contributed by atoms with van der Waals surface area (Å²) in [6.07, 6.45) is 0.711. The molecule has 1 nitrogen and oxygen atoms in total. The predicted molar refractivity (Wildman–Crippen MR) is 91.1 cm³/mol. The summed E-state index contributed by atoms with van der Waals surface area (Å²) in [6.45, 7) is 0. The standard InChI is InChI=1S/C15H13BrCl3N/c1-20-15(9-5-6-14(19)11(16)7-9)8-10-12(17)3-2-4-13(10)18/h2-7,15,20H,8H2,1H3. The summed E-state index contributed by atoms with van der Waals surface area (Å²) in [5.41, 5.74) is 2.07. The summed E-state index contributed by atoms with van der Waals surface area (Å²) in [7, 11) is 1.91. The SMILES string of the molecule is CNC(Cc1c(Cl)cccc1Cl)c1ccc(Cl)c(Br)c1. The van der Waals surface area contributed by atoms with Gasteiger partial charge in [0.05, 0.1) is 5.02 Å². The average molecular weight is 394 g/mol. The number of halogens is 4. The van der Waals surface area contributed by atoms with Crippen LogP contribution in [0.5, 0.6) is 0 Å². The van der Waals surface area contributed by atoms with Gasteiger partial charge in [-0.1, -0.05) is 46.9 Å². The normalized spacial score (nSPS) is 12.4. The minimum Gasteiger partial charge on any atom is -0.313 e. The molecule has 0 saturated carbocycles. The van der Waals surface area contributed by atoms with E-state index in [9.17, 15) is 0 Å². The molecule has 1 atom stereocenters. The summed E-state index contributed by atoms with van der Waals surface area (Å²) in [6, 6.07) is 11.6. The van der Waals surface area contributed by atoms with E-state index >= 15 is 0 Å². The van der Waals surface area contributed by atoms with Crippen molar-refractivity contribution in [2.24, 2.45) is 0 Å². The Morgan fingerprint density at radius 2 is 1.70 bits per heavy atom. The van der Waals surface area contributed by atoms with Gasteiger partial charge in [-0.15, -0.1) is 0 Å². The molecule has 0 aliphatic carbocycles. The lowest BCUT2D eigenvalue weighted by molar-refractivity contribution is 0.592. The molecule has 0 saturated heterocycles. The Bertz CT molecular complexity index is 596. The minimum absolute atomic E-state index is 0.112. The first-order chi connectivity index (χ1) is 9.52. The van der Waals surface area contributed by atoms with Gasteiger partial charge in [-0.2, -0.15) is 0 Å². The third-order valence-corrected chi connectivity index (χ3v) is 5.09. The Morgan fingerprint density at radius 3 is 2.25 bits per heavy atom. The highest BCUT2D eigenvalue weighted by Crippen LogP contribution is 2.31. The largest absolute Gasteiger partial charge is 0.313 e. The molecule has 0 fully saturated rings. The Hall–Kier alpha value is -0.250. The molecule has 0 aliphatic rings. The van der Waals surface area contributed by atoms with Crippen molar-refractivity contribution < 1.29 is 0 Å². The average Bonchev–Trinajstić information content (AvgIpc) is 2.42. The fraction of sp³-hybridized carbons (Fsp3) is 0.200. The number of nitrogens with one attached hydrogen (secondary N) is 1. The Kier molecular flexibility index (Phi) is 5.76. The van der Waals surface area contributed by atoms with E-state index in [1.165, 1.54) is 0 Å². The molecular formula is C15H13BrCl3N. The van der Waals surface area contributed by atoms with E-state index in [-0.39, 0.29) is 6.04 Å². The maximum atomic E-state index is 6.23. The van der Waals surface area contributed by atoms with Crippen molar-refractivity contribution in [3.8, 4) is 0 Å². The Labute approximate surface area is 142 Å². The molecular weight excluding hydrogens is 380 g/mol. The van der Waals surface area contributed by atoms with Gasteiger partial charge in [0.15, 0.2) is 0 Å². The highest BCUT2D eigenvalue weighted by molar-refractivity contribution is 9.10. The van der Waals surface area contributed by atoms with E-state index < -0.39 is 0 Å². The molecule has 5 heteroatoms. The summed E-state index contributed by atoms with van der Waals surface area (Å²) < 4.78 is 0.877. The predicted octanol–water partition coefficient (Wildman–Crippen LogP) is 5.91. The maximum Gasteiger partial charge on any atom is 0.0548 e. The van der Waals surface area contributed by atoms with E-state index in [0.29, 0.717) is 21.5 Å². The molecule has 2 rings (SSSR count). The number of likely N-dealkylation sites (N-methyl/N-ethyl adjacent to an activating group) is 1. The maximum absolute atomic E-state index is 6.23. The molecule has 0 bridgehead atoms. The second kappa shape index (κ2) is 7.15. The molecule has 0 aliphatic heterocycles. The number of benzene rings is 2. The molecule has 0 radical (unpaired) electrons. The van der Waals surface area contributed by atoms with Gasteiger partial charge in [0.2, 0.25) is 0 Å². The van der Waals surface area contributed by atoms with Crippen molar-refractivity contribution in [3.05, 3.63) is 67.1 Å². The fourth-order valence-corrected chi connectivity index (χ4v) is 3.11. The molecule has 0 heterocycles. The molecule has 0 aromatic heterocycles. The van der Waals surface area contributed by atoms with E-state index in [0.717, 1.165) is 15.6 Å². The Balaban J connectivity index is 2.31. The summed E-state index contributed by atoms with van der Waals surface area (Å²) in [5.74, 6) is 0. The van der Waals surface area contributed by atoms with Gasteiger partial charge in [-0.05, 0) is 64.8 Å². The first-order valence-electron chi connectivity index (χ1n) is 6.08. The lowest BCUT2D eigenvalue weighted by atomic mass is 9.99. The minimum atomic E-state index is 0.112. The van der Waals surface area contributed by atoms with Crippen molar-refractivity contribution in [1.82, 2.24) is 5.32 Å². The van der Waals surface area contributed by atoms with E-state index in [1.54, 1.807) is 0 Å². The van der Waals surface area contributed by atoms with Gasteiger partial charge < -0.3 is 5.32 Å². The van der Waals surface area contributed by atoms with Crippen molar-refractivity contribution in [2.45, 2.75) is 12.5 Å². The van der Waals surface area contributed by atoms with E-state index in [1.807, 2.05) is 43.4 Å². The zero-order valence-corrected chi connectivity index (χ0v) is 14.6. The second-order valence-electron chi connectivity index (χ2n) is 4.42. The number of hydrogen-bond acceptors (Lipinski definition) is 1. The third kappa shape index (κ3) is 3.69. The van der Waals surface area contributed by atoms with Crippen LogP contribution in [0.2, 0.25) is 15.1 Å². The summed E-state index contributed by atoms with van der Waals surface area (Å²) in [5, 5.41) is 5.35. The van der Waals surface area contributed by atoms with Gasteiger partial charge in [-0.3, -0.25) is 0 Å². The third-order valence-electron chi connectivity index (χ3n) is 3.16. The zero-order chi connectivity index (χ0) is 14.7. The van der Waals surface area contributed by atoms with Crippen LogP contribution < -0.4 is 5.32 Å². The highest BCUT2D eigenvalue weighted by Gasteiger charge is 2.15. The van der Waals surface area contributed by atoms with Crippen LogP contribution in [-0.4, -0.2) is 7.05 Å². The molecule has 2 aromatic carbocycles. The van der Waals surface area contributed by atoms with Crippen LogP contribution in [-0.2, 0) is 6.42 Å². The van der Waals surface area contributed by atoms with Crippen LogP contribution in [0.3, 0.4) is 0 Å². The van der Waals surface area contributed by atoms with Gasteiger partial charge in [0, 0.05) is 20.6 Å². The number of rotatable bonds is 4. The molecule has 2 aromatic rings. The summed E-state index contributed by atoms with van der Waals surface area (Å²) in [4.78, 5) is 0. The monoisotopic (exact) mass is 391 g/mol. The van der Waals surface area contributed by atoms with Crippen LogP contribution in [0.15, 0.2) is 40.9 Å². The Morgan fingerprint density at radius 1 is 1.05 bits per heavy atom. The molecule has 1 N–H and O–H groups in total. The van der Waals surface area contributed by atoms with Crippen LogP contribution in [0.25, 0.3) is 0 Å². The first kappa shape index (κ1) is 16.1. The summed E-state index contributed by atoms with van der Waals surface area (Å²) >= 11 is 21.9. The topological polar surface area (TPSA) is 12.0 Å². The number of hydrogen-bond donors (Lipinski definition) is 1. The zero-order valence-electron chi connectivity index (χ0n) is 10.8. The van der Waals surface area contributed by atoms with Crippen LogP contribution in [0, 0.1) is 0 Å². The molecule has 1 unspecified atom stereocenters. The van der Waals surface area contributed by atoms with Gasteiger partial charge in [-0.25, -0.2) is 0 Å². The quantitative estimate of drug-likeness (QED) is 0.681. The van der Waals surface area contributed by atoms with Crippen LogP contribution in [0.1, 0.15) is 17.2 Å². The van der Waals surface area contributed by atoms with E-state index in [4.69, 9.17) is 34.8 Å². The van der Waals surface area contributed by atoms with E-state index in [2.05, 4.69) is 21.2 Å². The van der Waals surface area contributed by atoms with Crippen molar-refractivity contribution in [2.75, 3.05) is 7.05 Å². The smallest absolute Gasteiger partial charge is 0.0548 e. The van der Waals surface area contributed by atoms with Crippen LogP contribution in [0.4, 0.5) is 0 Å². The van der Waals surface area contributed by atoms with Crippen molar-refractivity contribution in [1.29, 1.82) is 0 Å². The fourth-order valence-electron chi connectivity index (χ4n) is 2.05.